The summed E-state index contributed by atoms with van der Waals surface area (Å²) in [7, 11) is 0. The molecule has 3 N–H and O–H groups in total. The van der Waals surface area contributed by atoms with Crippen molar-refractivity contribution >= 4 is 17.6 Å². The molecule has 0 aliphatic carbocycles. The quantitative estimate of drug-likeness (QED) is 0.498. The second-order valence-electron chi connectivity index (χ2n) is 4.21. The molecule has 0 amide bonds. The molecule has 1 aromatic carbocycles. The number of aryl methyl sites for hydroxylation is 2. The first-order valence-electron chi connectivity index (χ1n) is 6.24. The highest BCUT2D eigenvalue weighted by atomic mass is 32.2. The predicted molar refractivity (Wildman–Crippen MR) is 80.0 cm³/mol. The van der Waals surface area contributed by atoms with E-state index in [1.807, 2.05) is 18.2 Å². The maximum Gasteiger partial charge on any atom is 0.143 e. The van der Waals surface area contributed by atoms with Crippen molar-refractivity contribution in [1.29, 1.82) is 0 Å². The number of benzene rings is 1. The largest absolute Gasteiger partial charge is 0.308 e. The van der Waals surface area contributed by atoms with Crippen LogP contribution in [0, 0.1) is 6.92 Å². The summed E-state index contributed by atoms with van der Waals surface area (Å²) in [6.45, 7) is 4.18. The lowest BCUT2D eigenvalue weighted by Crippen LogP contribution is -2.11. The lowest BCUT2D eigenvalue weighted by molar-refractivity contribution is 0.938. The van der Waals surface area contributed by atoms with Gasteiger partial charge in [-0.15, -0.1) is 11.8 Å². The molecule has 19 heavy (non-hydrogen) atoms. The maximum atomic E-state index is 5.43. The summed E-state index contributed by atoms with van der Waals surface area (Å²) in [5.41, 5.74) is 4.87. The molecule has 0 aliphatic heterocycles. The van der Waals surface area contributed by atoms with E-state index in [1.54, 1.807) is 11.8 Å². The van der Waals surface area contributed by atoms with E-state index in [9.17, 15) is 0 Å². The van der Waals surface area contributed by atoms with Crippen LogP contribution in [0.4, 0.5) is 5.82 Å². The molecule has 0 spiro atoms. The molecule has 5 heteroatoms. The van der Waals surface area contributed by atoms with Crippen molar-refractivity contribution in [2.75, 3.05) is 5.43 Å². The zero-order valence-electron chi connectivity index (χ0n) is 11.2. The van der Waals surface area contributed by atoms with Crippen LogP contribution >= 0.6 is 11.8 Å². The summed E-state index contributed by atoms with van der Waals surface area (Å²) in [6.07, 6.45) is 0.874. The molecule has 0 atom stereocenters. The van der Waals surface area contributed by atoms with Crippen molar-refractivity contribution in [2.24, 2.45) is 5.84 Å². The first-order chi connectivity index (χ1) is 9.22. The van der Waals surface area contributed by atoms with Gasteiger partial charge < -0.3 is 5.43 Å². The highest BCUT2D eigenvalue weighted by molar-refractivity contribution is 7.98. The number of aromatic nitrogens is 2. The topological polar surface area (TPSA) is 63.8 Å². The minimum Gasteiger partial charge on any atom is -0.308 e. The number of nitrogens with one attached hydrogen (secondary N) is 1. The maximum absolute atomic E-state index is 5.43. The normalized spacial score (nSPS) is 10.5. The number of hydrazine groups is 1. The van der Waals surface area contributed by atoms with Crippen molar-refractivity contribution in [3.8, 4) is 0 Å². The zero-order valence-corrected chi connectivity index (χ0v) is 12.0. The van der Waals surface area contributed by atoms with Crippen LogP contribution in [0.25, 0.3) is 0 Å². The van der Waals surface area contributed by atoms with Crippen LogP contribution in [0.3, 0.4) is 0 Å². The fourth-order valence-electron chi connectivity index (χ4n) is 1.73. The predicted octanol–water partition coefficient (Wildman–Crippen LogP) is 2.93. The monoisotopic (exact) mass is 274 g/mol. The third-order valence-corrected chi connectivity index (χ3v) is 3.96. The Balaban J connectivity index is 2.13. The first-order valence-corrected chi connectivity index (χ1v) is 7.23. The van der Waals surface area contributed by atoms with Crippen LogP contribution in [0.15, 0.2) is 35.2 Å². The Morgan fingerprint density at radius 2 is 2.05 bits per heavy atom. The van der Waals surface area contributed by atoms with Gasteiger partial charge in [0.1, 0.15) is 11.6 Å². The third kappa shape index (κ3) is 3.68. The lowest BCUT2D eigenvalue weighted by Gasteiger charge is -2.07. The van der Waals surface area contributed by atoms with Crippen molar-refractivity contribution in [3.05, 3.63) is 47.4 Å². The fraction of sp³-hybridized carbons (Fsp3) is 0.286. The molecule has 0 unspecified atom stereocenters. The molecule has 0 bridgehead atoms. The van der Waals surface area contributed by atoms with Gasteiger partial charge in [-0.3, -0.25) is 0 Å². The average Bonchev–Trinajstić information content (AvgIpc) is 2.46. The van der Waals surface area contributed by atoms with Gasteiger partial charge in [0.15, 0.2) is 0 Å². The van der Waals surface area contributed by atoms with Crippen molar-refractivity contribution in [1.82, 2.24) is 9.97 Å². The average molecular weight is 274 g/mol. The number of rotatable bonds is 5. The van der Waals surface area contributed by atoms with Crippen LogP contribution in [0.1, 0.15) is 24.0 Å². The van der Waals surface area contributed by atoms with Gasteiger partial charge >= 0.3 is 0 Å². The molecule has 0 radical (unpaired) electrons. The highest BCUT2D eigenvalue weighted by Crippen LogP contribution is 2.25. The van der Waals surface area contributed by atoms with Crippen LogP contribution < -0.4 is 11.3 Å². The summed E-state index contributed by atoms with van der Waals surface area (Å²) in [6, 6.07) is 10.2. The van der Waals surface area contributed by atoms with E-state index in [2.05, 4.69) is 41.4 Å². The fourth-order valence-corrected chi connectivity index (χ4v) is 2.62. The van der Waals surface area contributed by atoms with Gasteiger partial charge in [-0.05, 0) is 25.0 Å². The van der Waals surface area contributed by atoms with E-state index >= 15 is 0 Å². The minimum absolute atomic E-state index is 0.673. The van der Waals surface area contributed by atoms with Gasteiger partial charge in [-0.2, -0.15) is 0 Å². The number of nitrogens with zero attached hydrogens (tertiary/aromatic N) is 2. The Kier molecular flexibility index (Phi) is 4.76. The van der Waals surface area contributed by atoms with Gasteiger partial charge in [0, 0.05) is 16.7 Å². The molecule has 2 rings (SSSR count). The van der Waals surface area contributed by atoms with E-state index in [4.69, 9.17) is 5.84 Å². The molecule has 1 heterocycles. The smallest absolute Gasteiger partial charge is 0.143 e. The Hall–Kier alpha value is -1.59. The molecule has 0 aliphatic rings. The standard InChI is InChI=1S/C14H18N4S/c1-3-11-8-13(18-15)17-14(16-11)9-19-12-7-5-4-6-10(12)2/h4-8H,3,9,15H2,1-2H3,(H,16,17,18). The van der Waals surface area contributed by atoms with E-state index in [0.717, 1.165) is 23.7 Å². The molecule has 4 nitrogen and oxygen atoms in total. The van der Waals surface area contributed by atoms with Gasteiger partial charge in [-0.25, -0.2) is 15.8 Å². The summed E-state index contributed by atoms with van der Waals surface area (Å²) in [5.74, 6) is 7.65. The molecular formula is C14H18N4S. The number of nitrogen functional groups attached to an aromatic ring is 1. The second kappa shape index (κ2) is 6.54. The summed E-state index contributed by atoms with van der Waals surface area (Å²) < 4.78 is 0. The third-order valence-electron chi connectivity index (χ3n) is 2.79. The molecule has 1 aromatic heterocycles. The lowest BCUT2D eigenvalue weighted by atomic mass is 10.2. The Bertz CT molecular complexity index is 535. The SMILES string of the molecule is CCc1cc(NN)nc(CSc2ccccc2C)n1. The number of hydrogen-bond donors (Lipinski definition) is 2. The Labute approximate surface area is 117 Å². The van der Waals surface area contributed by atoms with Crippen LogP contribution in [0.5, 0.6) is 0 Å². The van der Waals surface area contributed by atoms with Gasteiger partial charge in [0.05, 0.1) is 5.75 Å². The number of nitrogens with two attached hydrogens (primary N) is 1. The second-order valence-corrected chi connectivity index (χ2v) is 5.23. The van der Waals surface area contributed by atoms with Crippen molar-refractivity contribution < 1.29 is 0 Å². The summed E-state index contributed by atoms with van der Waals surface area (Å²) >= 11 is 1.74. The van der Waals surface area contributed by atoms with Gasteiger partial charge in [0.25, 0.3) is 0 Å². The van der Waals surface area contributed by atoms with Crippen molar-refractivity contribution in [2.45, 2.75) is 30.9 Å². The minimum atomic E-state index is 0.673. The van der Waals surface area contributed by atoms with Gasteiger partial charge in [-0.1, -0.05) is 25.1 Å². The number of hydrogen-bond acceptors (Lipinski definition) is 5. The molecular weight excluding hydrogens is 256 g/mol. The molecule has 0 fully saturated rings. The van der Waals surface area contributed by atoms with Gasteiger partial charge in [0.2, 0.25) is 0 Å². The Morgan fingerprint density at radius 1 is 1.26 bits per heavy atom. The van der Waals surface area contributed by atoms with Crippen molar-refractivity contribution in [3.63, 3.8) is 0 Å². The van der Waals surface area contributed by atoms with E-state index in [1.165, 1.54) is 10.5 Å². The zero-order chi connectivity index (χ0) is 13.7. The Morgan fingerprint density at radius 3 is 2.74 bits per heavy atom. The van der Waals surface area contributed by atoms with Crippen LogP contribution in [-0.2, 0) is 12.2 Å². The van der Waals surface area contributed by atoms with Crippen LogP contribution in [0.2, 0.25) is 0 Å². The molecule has 0 saturated carbocycles. The first kappa shape index (κ1) is 13.8. The molecule has 0 saturated heterocycles. The van der Waals surface area contributed by atoms with E-state index in [0.29, 0.717) is 5.82 Å². The summed E-state index contributed by atoms with van der Waals surface area (Å²) in [5, 5.41) is 0. The van der Waals surface area contributed by atoms with E-state index in [-0.39, 0.29) is 0 Å². The summed E-state index contributed by atoms with van der Waals surface area (Å²) in [4.78, 5) is 10.2. The molecule has 2 aromatic rings. The number of thioether (sulfide) groups is 1. The van der Waals surface area contributed by atoms with E-state index < -0.39 is 0 Å². The van der Waals surface area contributed by atoms with Crippen LogP contribution in [-0.4, -0.2) is 9.97 Å². The number of anilines is 1. The molecule has 100 valence electrons. The highest BCUT2D eigenvalue weighted by Gasteiger charge is 2.05.